The largest absolute Gasteiger partial charge is 0.463 e. The predicted molar refractivity (Wildman–Crippen MR) is 61.8 cm³/mol. The molecule has 4 heteroatoms. The molecule has 0 aliphatic heterocycles. The first-order valence-electron chi connectivity index (χ1n) is 5.42. The van der Waals surface area contributed by atoms with Crippen molar-refractivity contribution in [2.45, 2.75) is 45.6 Å². The van der Waals surface area contributed by atoms with Gasteiger partial charge in [0, 0.05) is 17.9 Å². The highest BCUT2D eigenvalue weighted by Gasteiger charge is 2.14. The van der Waals surface area contributed by atoms with Crippen LogP contribution in [0.2, 0.25) is 0 Å². The second-order valence-corrected chi connectivity index (χ2v) is 4.49. The lowest BCUT2D eigenvalue weighted by atomic mass is 10.00. The molecule has 16 heavy (non-hydrogen) atoms. The maximum absolute atomic E-state index is 12.8. The Balaban J connectivity index is 2.44. The zero-order valence-corrected chi connectivity index (χ0v) is 10.3. The van der Waals surface area contributed by atoms with E-state index >= 15 is 0 Å². The smallest absolute Gasteiger partial charge is 0.306 e. The molecule has 0 aromatic rings. The number of carbonyl (C=O) groups is 1. The van der Waals surface area contributed by atoms with Crippen molar-refractivity contribution in [3.8, 4) is 0 Å². The number of carbonyl (C=O) groups excluding carboxylic acids is 1. The molecule has 0 spiro atoms. The van der Waals surface area contributed by atoms with Crippen LogP contribution in [0.5, 0.6) is 0 Å². The minimum absolute atomic E-state index is 0.0966. The zero-order valence-electron chi connectivity index (χ0n) is 9.56. The van der Waals surface area contributed by atoms with Gasteiger partial charge >= 0.3 is 5.97 Å². The van der Waals surface area contributed by atoms with Crippen LogP contribution in [0.25, 0.3) is 0 Å². The summed E-state index contributed by atoms with van der Waals surface area (Å²) in [7, 11) is 0. The summed E-state index contributed by atoms with van der Waals surface area (Å²) >= 11 is 5.88. The Kier molecular flexibility index (Phi) is 5.00. The third-order valence-electron chi connectivity index (χ3n) is 2.28. The average molecular weight is 247 g/mol. The summed E-state index contributed by atoms with van der Waals surface area (Å²) in [5.74, 6) is -0.430. The van der Waals surface area contributed by atoms with E-state index in [9.17, 15) is 9.18 Å². The van der Waals surface area contributed by atoms with Gasteiger partial charge in [0.05, 0.1) is 6.10 Å². The Bertz CT molecular complexity index is 332. The van der Waals surface area contributed by atoms with Crippen molar-refractivity contribution in [3.63, 3.8) is 0 Å². The highest BCUT2D eigenvalue weighted by Crippen LogP contribution is 2.29. The fraction of sp³-hybridized carbons (Fsp3) is 0.583. The summed E-state index contributed by atoms with van der Waals surface area (Å²) < 4.78 is 17.8. The van der Waals surface area contributed by atoms with Crippen molar-refractivity contribution in [1.29, 1.82) is 0 Å². The van der Waals surface area contributed by atoms with E-state index in [0.717, 1.165) is 5.57 Å². The molecule has 0 fully saturated rings. The molecule has 0 saturated heterocycles. The molecule has 1 aliphatic rings. The number of esters is 1. The van der Waals surface area contributed by atoms with Crippen LogP contribution in [0, 0.1) is 0 Å². The van der Waals surface area contributed by atoms with Gasteiger partial charge in [-0.25, -0.2) is 4.39 Å². The molecule has 0 atom stereocenters. The first-order chi connectivity index (χ1) is 7.49. The molecule has 0 amide bonds. The molecule has 1 aliphatic carbocycles. The van der Waals surface area contributed by atoms with Gasteiger partial charge < -0.3 is 4.74 Å². The van der Waals surface area contributed by atoms with Crippen LogP contribution in [0.1, 0.15) is 39.5 Å². The molecular weight excluding hydrogens is 231 g/mol. The minimum atomic E-state index is -0.234. The second kappa shape index (κ2) is 6.04. The Morgan fingerprint density at radius 3 is 2.81 bits per heavy atom. The molecule has 0 aromatic carbocycles. The molecular formula is C12H16ClFO2. The summed E-state index contributed by atoms with van der Waals surface area (Å²) in [4.78, 5) is 11.3. The topological polar surface area (TPSA) is 26.3 Å². The molecule has 0 N–H and O–H groups in total. The molecule has 0 saturated carbocycles. The van der Waals surface area contributed by atoms with E-state index < -0.39 is 0 Å². The minimum Gasteiger partial charge on any atom is -0.463 e. The Morgan fingerprint density at radius 1 is 1.56 bits per heavy atom. The van der Waals surface area contributed by atoms with E-state index in [2.05, 4.69) is 0 Å². The maximum Gasteiger partial charge on any atom is 0.306 e. The van der Waals surface area contributed by atoms with E-state index in [4.69, 9.17) is 16.3 Å². The van der Waals surface area contributed by atoms with Gasteiger partial charge in [0.2, 0.25) is 0 Å². The fourth-order valence-electron chi connectivity index (χ4n) is 1.52. The predicted octanol–water partition coefficient (Wildman–Crippen LogP) is 3.86. The Hall–Kier alpha value is -0.830. The fourth-order valence-corrected chi connectivity index (χ4v) is 1.83. The van der Waals surface area contributed by atoms with Crippen LogP contribution in [0.15, 0.2) is 22.5 Å². The van der Waals surface area contributed by atoms with Gasteiger partial charge in [-0.1, -0.05) is 17.2 Å². The van der Waals surface area contributed by atoms with Crippen LogP contribution < -0.4 is 0 Å². The van der Waals surface area contributed by atoms with Crippen LogP contribution in [0.3, 0.4) is 0 Å². The van der Waals surface area contributed by atoms with Crippen LogP contribution in [0.4, 0.5) is 4.39 Å². The molecule has 0 aromatic heterocycles. The molecule has 0 bridgehead atoms. The quantitative estimate of drug-likeness (QED) is 0.704. The lowest BCUT2D eigenvalue weighted by Gasteiger charge is -2.13. The number of ether oxygens (including phenoxy) is 1. The average Bonchev–Trinajstić information content (AvgIpc) is 2.15. The van der Waals surface area contributed by atoms with E-state index in [-0.39, 0.29) is 17.9 Å². The van der Waals surface area contributed by atoms with Gasteiger partial charge in [-0.3, -0.25) is 4.79 Å². The van der Waals surface area contributed by atoms with Gasteiger partial charge in [0.15, 0.2) is 0 Å². The zero-order chi connectivity index (χ0) is 12.1. The molecule has 0 unspecified atom stereocenters. The van der Waals surface area contributed by atoms with E-state index in [1.807, 2.05) is 13.8 Å². The van der Waals surface area contributed by atoms with Gasteiger partial charge in [0.1, 0.15) is 5.83 Å². The van der Waals surface area contributed by atoms with E-state index in [0.29, 0.717) is 30.7 Å². The summed E-state index contributed by atoms with van der Waals surface area (Å²) in [6.07, 6.45) is 3.06. The Morgan fingerprint density at radius 2 is 2.25 bits per heavy atom. The van der Waals surface area contributed by atoms with E-state index in [1.165, 1.54) is 6.08 Å². The summed E-state index contributed by atoms with van der Waals surface area (Å²) in [6.45, 7) is 3.62. The number of halogens is 2. The normalized spacial score (nSPS) is 16.4. The SMILES string of the molecule is CC(C)OC(=O)CCC1=C(Cl)C=C(F)CC1. The highest BCUT2D eigenvalue weighted by atomic mass is 35.5. The van der Waals surface area contributed by atoms with E-state index in [1.54, 1.807) is 0 Å². The lowest BCUT2D eigenvalue weighted by Crippen LogP contribution is -2.11. The molecule has 2 nitrogen and oxygen atoms in total. The summed E-state index contributed by atoms with van der Waals surface area (Å²) in [6, 6.07) is 0. The summed E-state index contributed by atoms with van der Waals surface area (Å²) in [5, 5.41) is 0.432. The molecule has 1 rings (SSSR count). The third kappa shape index (κ3) is 4.35. The van der Waals surface area contributed by atoms with Crippen molar-refractivity contribution >= 4 is 17.6 Å². The first kappa shape index (κ1) is 13.2. The third-order valence-corrected chi connectivity index (χ3v) is 2.66. The van der Waals surface area contributed by atoms with Crippen molar-refractivity contribution in [1.82, 2.24) is 0 Å². The number of hydrogen-bond donors (Lipinski definition) is 0. The van der Waals surface area contributed by atoms with Crippen LogP contribution in [-0.4, -0.2) is 12.1 Å². The Labute approximate surface area is 100 Å². The lowest BCUT2D eigenvalue weighted by molar-refractivity contribution is -0.147. The van der Waals surface area contributed by atoms with Crippen LogP contribution in [-0.2, 0) is 9.53 Å². The standard InChI is InChI=1S/C12H16ClFO2/c1-8(2)16-12(15)6-4-9-3-5-10(14)7-11(9)13/h7-8H,3-6H2,1-2H3. The van der Waals surface area contributed by atoms with Crippen molar-refractivity contribution in [2.24, 2.45) is 0 Å². The summed E-state index contributed by atoms with van der Waals surface area (Å²) in [5.41, 5.74) is 0.934. The molecule has 90 valence electrons. The van der Waals surface area contributed by atoms with Gasteiger partial charge in [-0.15, -0.1) is 0 Å². The van der Waals surface area contributed by atoms with Crippen molar-refractivity contribution < 1.29 is 13.9 Å². The number of rotatable bonds is 4. The number of allylic oxidation sites excluding steroid dienone is 4. The maximum atomic E-state index is 12.8. The molecule has 0 radical (unpaired) electrons. The van der Waals surface area contributed by atoms with Crippen LogP contribution >= 0.6 is 11.6 Å². The van der Waals surface area contributed by atoms with Crippen molar-refractivity contribution in [2.75, 3.05) is 0 Å². The van der Waals surface area contributed by atoms with Gasteiger partial charge in [-0.2, -0.15) is 0 Å². The second-order valence-electron chi connectivity index (χ2n) is 4.08. The first-order valence-corrected chi connectivity index (χ1v) is 5.80. The van der Waals surface area contributed by atoms with Crippen molar-refractivity contribution in [3.05, 3.63) is 22.5 Å². The number of hydrogen-bond acceptors (Lipinski definition) is 2. The van der Waals surface area contributed by atoms with Gasteiger partial charge in [0.25, 0.3) is 0 Å². The highest BCUT2D eigenvalue weighted by molar-refractivity contribution is 6.31. The monoisotopic (exact) mass is 246 g/mol. The van der Waals surface area contributed by atoms with Gasteiger partial charge in [-0.05, 0) is 32.8 Å². The molecule has 0 heterocycles.